The molecule has 1 aliphatic rings. The molecule has 0 radical (unpaired) electrons. The lowest BCUT2D eigenvalue weighted by atomic mass is 9.75. The van der Waals surface area contributed by atoms with Crippen LogP contribution in [0, 0.1) is 5.92 Å². The summed E-state index contributed by atoms with van der Waals surface area (Å²) in [5.41, 5.74) is 1.29. The van der Waals surface area contributed by atoms with Crippen molar-refractivity contribution in [3.8, 4) is 5.75 Å². The first-order valence-electron chi connectivity index (χ1n) is 7.30. The third-order valence-electron chi connectivity index (χ3n) is 4.16. The lowest BCUT2D eigenvalue weighted by molar-refractivity contribution is 0.289. The molecule has 1 aliphatic carbocycles. The Kier molecular flexibility index (Phi) is 5.53. The highest BCUT2D eigenvalue weighted by atomic mass is 35.5. The maximum Gasteiger partial charge on any atom is 0.122 e. The summed E-state index contributed by atoms with van der Waals surface area (Å²) >= 11 is 6.17. The highest BCUT2D eigenvalue weighted by Crippen LogP contribution is 2.42. The predicted octanol–water partition coefficient (Wildman–Crippen LogP) is 4.23. The fraction of sp³-hybridized carbons (Fsp3) is 0.625. The first-order chi connectivity index (χ1) is 9.26. The number of rotatable bonds is 5. The zero-order chi connectivity index (χ0) is 13.7. The van der Waals surface area contributed by atoms with Crippen LogP contribution in [0.5, 0.6) is 5.75 Å². The van der Waals surface area contributed by atoms with Gasteiger partial charge in [0, 0.05) is 5.02 Å². The summed E-state index contributed by atoms with van der Waals surface area (Å²) in [5.74, 6) is 2.25. The van der Waals surface area contributed by atoms with Gasteiger partial charge in [-0.1, -0.05) is 31.4 Å². The van der Waals surface area contributed by atoms with Crippen LogP contribution in [0.25, 0.3) is 0 Å². The van der Waals surface area contributed by atoms with Crippen molar-refractivity contribution < 1.29 is 4.74 Å². The van der Waals surface area contributed by atoms with Crippen LogP contribution >= 0.6 is 11.6 Å². The van der Waals surface area contributed by atoms with Gasteiger partial charge < -0.3 is 10.1 Å². The second-order valence-electron chi connectivity index (χ2n) is 5.34. The summed E-state index contributed by atoms with van der Waals surface area (Å²) < 4.78 is 5.53. The summed E-state index contributed by atoms with van der Waals surface area (Å²) in [6.07, 6.45) is 5.19. The Balaban J connectivity index is 2.23. The normalized spacial score (nSPS) is 23.3. The molecule has 2 rings (SSSR count). The van der Waals surface area contributed by atoms with Gasteiger partial charge in [0.2, 0.25) is 0 Å². The first kappa shape index (κ1) is 14.7. The Morgan fingerprint density at radius 1 is 1.32 bits per heavy atom. The average molecular weight is 282 g/mol. The van der Waals surface area contributed by atoms with Gasteiger partial charge in [-0.25, -0.2) is 0 Å². The van der Waals surface area contributed by atoms with Crippen molar-refractivity contribution in [2.75, 3.05) is 20.2 Å². The molecule has 1 aromatic rings. The SMILES string of the molecule is CCNCC1CCCCC1c1cc(Cl)ccc1OC. The second-order valence-corrected chi connectivity index (χ2v) is 5.78. The molecular weight excluding hydrogens is 258 g/mol. The molecule has 106 valence electrons. The molecule has 0 heterocycles. The van der Waals surface area contributed by atoms with Gasteiger partial charge in [0.25, 0.3) is 0 Å². The molecule has 19 heavy (non-hydrogen) atoms. The number of halogens is 1. The smallest absolute Gasteiger partial charge is 0.122 e. The Morgan fingerprint density at radius 3 is 2.84 bits per heavy atom. The van der Waals surface area contributed by atoms with Crippen LogP contribution < -0.4 is 10.1 Å². The van der Waals surface area contributed by atoms with Gasteiger partial charge in [0.05, 0.1) is 7.11 Å². The maximum absolute atomic E-state index is 6.17. The molecule has 2 unspecified atom stereocenters. The van der Waals surface area contributed by atoms with E-state index in [0.29, 0.717) is 11.8 Å². The average Bonchev–Trinajstić information content (AvgIpc) is 2.45. The van der Waals surface area contributed by atoms with Crippen molar-refractivity contribution in [3.63, 3.8) is 0 Å². The summed E-state index contributed by atoms with van der Waals surface area (Å²) in [5, 5.41) is 4.30. The van der Waals surface area contributed by atoms with Crippen molar-refractivity contribution in [2.45, 2.75) is 38.5 Å². The van der Waals surface area contributed by atoms with E-state index >= 15 is 0 Å². The van der Waals surface area contributed by atoms with E-state index in [4.69, 9.17) is 16.3 Å². The largest absolute Gasteiger partial charge is 0.496 e. The maximum atomic E-state index is 6.17. The van der Waals surface area contributed by atoms with Crippen molar-refractivity contribution in [1.29, 1.82) is 0 Å². The zero-order valence-corrected chi connectivity index (χ0v) is 12.7. The Bertz CT molecular complexity index is 408. The van der Waals surface area contributed by atoms with Crippen molar-refractivity contribution in [3.05, 3.63) is 28.8 Å². The molecule has 0 bridgehead atoms. The monoisotopic (exact) mass is 281 g/mol. The van der Waals surface area contributed by atoms with Crippen LogP contribution in [0.1, 0.15) is 44.1 Å². The van der Waals surface area contributed by atoms with Gasteiger partial charge in [-0.2, -0.15) is 0 Å². The van der Waals surface area contributed by atoms with Crippen LogP contribution in [0.15, 0.2) is 18.2 Å². The van der Waals surface area contributed by atoms with E-state index in [1.165, 1.54) is 31.2 Å². The van der Waals surface area contributed by atoms with Gasteiger partial charge in [0.1, 0.15) is 5.75 Å². The molecule has 1 N–H and O–H groups in total. The van der Waals surface area contributed by atoms with Gasteiger partial charge in [-0.05, 0) is 61.5 Å². The summed E-state index contributed by atoms with van der Waals surface area (Å²) in [4.78, 5) is 0. The molecule has 1 fully saturated rings. The standard InChI is InChI=1S/C16H24ClNO/c1-3-18-11-12-6-4-5-7-14(12)15-10-13(17)8-9-16(15)19-2/h8-10,12,14,18H,3-7,11H2,1-2H3. The zero-order valence-electron chi connectivity index (χ0n) is 11.9. The number of hydrogen-bond donors (Lipinski definition) is 1. The number of benzene rings is 1. The van der Waals surface area contributed by atoms with Crippen LogP contribution in [0.4, 0.5) is 0 Å². The van der Waals surface area contributed by atoms with Gasteiger partial charge in [-0.15, -0.1) is 0 Å². The fourth-order valence-corrected chi connectivity index (χ4v) is 3.37. The number of ether oxygens (including phenoxy) is 1. The number of methoxy groups -OCH3 is 1. The van der Waals surface area contributed by atoms with E-state index in [1.807, 2.05) is 12.1 Å². The molecule has 0 aliphatic heterocycles. The molecule has 0 aromatic heterocycles. The third kappa shape index (κ3) is 3.64. The lowest BCUT2D eigenvalue weighted by Gasteiger charge is -2.33. The molecule has 0 saturated heterocycles. The number of nitrogens with one attached hydrogen (secondary N) is 1. The first-order valence-corrected chi connectivity index (χ1v) is 7.68. The van der Waals surface area contributed by atoms with Crippen LogP contribution in [0.3, 0.4) is 0 Å². The molecule has 2 nitrogen and oxygen atoms in total. The van der Waals surface area contributed by atoms with Crippen molar-refractivity contribution >= 4 is 11.6 Å². The molecular formula is C16H24ClNO. The number of hydrogen-bond acceptors (Lipinski definition) is 2. The van der Waals surface area contributed by atoms with Crippen LogP contribution in [0.2, 0.25) is 5.02 Å². The molecule has 1 saturated carbocycles. The molecule has 3 heteroatoms. The van der Waals surface area contributed by atoms with E-state index in [0.717, 1.165) is 23.9 Å². The van der Waals surface area contributed by atoms with Gasteiger partial charge in [0.15, 0.2) is 0 Å². The quantitative estimate of drug-likeness (QED) is 0.872. The lowest BCUT2D eigenvalue weighted by Crippen LogP contribution is -2.29. The van der Waals surface area contributed by atoms with Crippen molar-refractivity contribution in [2.24, 2.45) is 5.92 Å². The Labute approximate surface area is 121 Å². The minimum atomic E-state index is 0.571. The third-order valence-corrected chi connectivity index (χ3v) is 4.39. The Hall–Kier alpha value is -0.730. The van der Waals surface area contributed by atoms with Crippen LogP contribution in [-0.2, 0) is 0 Å². The summed E-state index contributed by atoms with van der Waals surface area (Å²) in [7, 11) is 1.74. The van der Waals surface area contributed by atoms with E-state index < -0.39 is 0 Å². The summed E-state index contributed by atoms with van der Waals surface area (Å²) in [6, 6.07) is 6.00. The molecule has 0 spiro atoms. The van der Waals surface area contributed by atoms with E-state index in [-0.39, 0.29) is 0 Å². The summed E-state index contributed by atoms with van der Waals surface area (Å²) in [6.45, 7) is 4.30. The highest BCUT2D eigenvalue weighted by molar-refractivity contribution is 6.30. The minimum Gasteiger partial charge on any atom is -0.496 e. The molecule has 2 atom stereocenters. The minimum absolute atomic E-state index is 0.571. The van der Waals surface area contributed by atoms with E-state index in [1.54, 1.807) is 7.11 Å². The van der Waals surface area contributed by atoms with Gasteiger partial charge >= 0.3 is 0 Å². The highest BCUT2D eigenvalue weighted by Gasteiger charge is 2.28. The Morgan fingerprint density at radius 2 is 2.11 bits per heavy atom. The van der Waals surface area contributed by atoms with Crippen molar-refractivity contribution in [1.82, 2.24) is 5.32 Å². The fourth-order valence-electron chi connectivity index (χ4n) is 3.19. The molecule has 0 amide bonds. The predicted molar refractivity (Wildman–Crippen MR) is 81.2 cm³/mol. The van der Waals surface area contributed by atoms with E-state index in [2.05, 4.69) is 18.3 Å². The molecule has 1 aromatic carbocycles. The topological polar surface area (TPSA) is 21.3 Å². The van der Waals surface area contributed by atoms with E-state index in [9.17, 15) is 0 Å². The second kappa shape index (κ2) is 7.16. The van der Waals surface area contributed by atoms with Gasteiger partial charge in [-0.3, -0.25) is 0 Å². The van der Waals surface area contributed by atoms with Crippen LogP contribution in [-0.4, -0.2) is 20.2 Å².